The summed E-state index contributed by atoms with van der Waals surface area (Å²) in [6.45, 7) is 0.818. The molecule has 88 valence electrons. The maximum absolute atomic E-state index is 3.54. The minimum Gasteiger partial charge on any atom is -0.379 e. The number of halogens is 3. The van der Waals surface area contributed by atoms with E-state index in [1.165, 1.54) is 9.13 Å². The number of anilines is 1. The fourth-order valence-corrected chi connectivity index (χ4v) is 3.10. The van der Waals surface area contributed by atoms with Crippen LogP contribution in [0.3, 0.4) is 0 Å². The van der Waals surface area contributed by atoms with Gasteiger partial charge in [0.25, 0.3) is 0 Å². The van der Waals surface area contributed by atoms with Gasteiger partial charge >= 0.3 is 0 Å². The molecule has 2 aromatic rings. The lowest BCUT2D eigenvalue weighted by atomic mass is 10.2. The van der Waals surface area contributed by atoms with E-state index in [2.05, 4.69) is 84.0 Å². The molecule has 0 radical (unpaired) electrons. The Morgan fingerprint density at radius 1 is 0.941 bits per heavy atom. The third-order valence-electron chi connectivity index (χ3n) is 2.35. The van der Waals surface area contributed by atoms with E-state index >= 15 is 0 Å². The molecule has 0 fully saturated rings. The van der Waals surface area contributed by atoms with Gasteiger partial charge in [-0.3, -0.25) is 0 Å². The molecule has 0 aliphatic rings. The van der Waals surface area contributed by atoms with Crippen LogP contribution in [0.15, 0.2) is 51.4 Å². The van der Waals surface area contributed by atoms with Gasteiger partial charge in [0, 0.05) is 19.1 Å². The highest BCUT2D eigenvalue weighted by atomic mass is 127. The Bertz CT molecular complexity index is 491. The van der Waals surface area contributed by atoms with Crippen molar-refractivity contribution < 1.29 is 0 Å². The van der Waals surface area contributed by atoms with E-state index in [-0.39, 0.29) is 0 Å². The van der Waals surface area contributed by atoms with Gasteiger partial charge in [0.05, 0.1) is 5.69 Å². The highest BCUT2D eigenvalue weighted by molar-refractivity contribution is 14.1. The van der Waals surface area contributed by atoms with E-state index < -0.39 is 0 Å². The van der Waals surface area contributed by atoms with Crippen LogP contribution in [0.1, 0.15) is 5.56 Å². The van der Waals surface area contributed by atoms with Crippen molar-refractivity contribution in [3.05, 3.63) is 60.5 Å². The van der Waals surface area contributed by atoms with Crippen molar-refractivity contribution in [2.75, 3.05) is 5.32 Å². The lowest BCUT2D eigenvalue weighted by Gasteiger charge is -2.10. The average molecular weight is 467 g/mol. The van der Waals surface area contributed by atoms with E-state index in [4.69, 9.17) is 0 Å². The maximum atomic E-state index is 3.54. The van der Waals surface area contributed by atoms with Crippen LogP contribution in [0.4, 0.5) is 5.69 Å². The van der Waals surface area contributed by atoms with Crippen LogP contribution in [0.25, 0.3) is 0 Å². The van der Waals surface area contributed by atoms with Gasteiger partial charge in [0.2, 0.25) is 0 Å². The van der Waals surface area contributed by atoms with Gasteiger partial charge in [-0.2, -0.15) is 0 Å². The summed E-state index contributed by atoms with van der Waals surface area (Å²) in [6, 6.07) is 14.6. The van der Waals surface area contributed by atoms with Crippen LogP contribution in [0.2, 0.25) is 0 Å². The smallest absolute Gasteiger partial charge is 0.0631 e. The molecule has 0 saturated heterocycles. The van der Waals surface area contributed by atoms with Gasteiger partial charge in [-0.15, -0.1) is 0 Å². The van der Waals surface area contributed by atoms with Crippen molar-refractivity contribution in [3.8, 4) is 0 Å². The first-order valence-electron chi connectivity index (χ1n) is 5.09. The minimum atomic E-state index is 0.818. The number of hydrogen-bond acceptors (Lipinski definition) is 1. The fraction of sp³-hybridized carbons (Fsp3) is 0.0769. The number of rotatable bonds is 3. The molecule has 0 atom stereocenters. The summed E-state index contributed by atoms with van der Waals surface area (Å²) in [7, 11) is 0. The topological polar surface area (TPSA) is 12.0 Å². The first-order valence-corrected chi connectivity index (χ1v) is 7.75. The molecule has 0 heterocycles. The van der Waals surface area contributed by atoms with E-state index in [1.807, 2.05) is 18.2 Å². The Morgan fingerprint density at radius 2 is 1.53 bits per heavy atom. The van der Waals surface area contributed by atoms with Crippen molar-refractivity contribution >= 4 is 60.1 Å². The second-order valence-electron chi connectivity index (χ2n) is 3.58. The molecule has 0 saturated carbocycles. The second kappa shape index (κ2) is 6.20. The number of benzene rings is 2. The first kappa shape index (κ1) is 13.4. The van der Waals surface area contributed by atoms with Crippen molar-refractivity contribution in [1.29, 1.82) is 0 Å². The molecule has 1 N–H and O–H groups in total. The molecule has 0 unspecified atom stereocenters. The third-order valence-corrected chi connectivity index (χ3v) is 4.39. The zero-order chi connectivity index (χ0) is 12.3. The molecule has 0 aliphatic carbocycles. The Balaban J connectivity index is 2.10. The standard InChI is InChI=1S/C13H10Br2IN/c14-11-2-1-3-12(15)13(11)17-8-9-4-6-10(16)7-5-9/h1-7,17H,8H2. The van der Waals surface area contributed by atoms with Crippen molar-refractivity contribution in [3.63, 3.8) is 0 Å². The van der Waals surface area contributed by atoms with Gasteiger partial charge < -0.3 is 5.32 Å². The van der Waals surface area contributed by atoms with Gasteiger partial charge in [0.15, 0.2) is 0 Å². The Hall–Kier alpha value is -0.0700. The predicted octanol–water partition coefficient (Wildman–Crippen LogP) is 5.43. The van der Waals surface area contributed by atoms with Gasteiger partial charge in [0.1, 0.15) is 0 Å². The molecule has 0 amide bonds. The quantitative estimate of drug-likeness (QED) is 0.595. The summed E-state index contributed by atoms with van der Waals surface area (Å²) in [5.41, 5.74) is 2.36. The van der Waals surface area contributed by atoms with E-state index in [0.717, 1.165) is 21.2 Å². The SMILES string of the molecule is Brc1cccc(Br)c1NCc1ccc(I)cc1. The van der Waals surface area contributed by atoms with E-state index in [1.54, 1.807) is 0 Å². The number of hydrogen-bond donors (Lipinski definition) is 1. The van der Waals surface area contributed by atoms with Crippen LogP contribution in [-0.2, 0) is 6.54 Å². The van der Waals surface area contributed by atoms with Crippen LogP contribution < -0.4 is 5.32 Å². The van der Waals surface area contributed by atoms with Gasteiger partial charge in [-0.1, -0.05) is 18.2 Å². The zero-order valence-electron chi connectivity index (χ0n) is 8.88. The molecular weight excluding hydrogens is 457 g/mol. The van der Waals surface area contributed by atoms with Crippen LogP contribution in [-0.4, -0.2) is 0 Å². The van der Waals surface area contributed by atoms with E-state index in [9.17, 15) is 0 Å². The molecule has 2 aromatic carbocycles. The fourth-order valence-electron chi connectivity index (χ4n) is 1.46. The second-order valence-corrected chi connectivity index (χ2v) is 6.53. The van der Waals surface area contributed by atoms with Gasteiger partial charge in [-0.05, 0) is 84.3 Å². The molecule has 0 spiro atoms. The summed E-state index contributed by atoms with van der Waals surface area (Å²) in [5, 5.41) is 3.42. The molecule has 1 nitrogen and oxygen atoms in total. The van der Waals surface area contributed by atoms with Crippen molar-refractivity contribution in [1.82, 2.24) is 0 Å². The Morgan fingerprint density at radius 3 is 2.12 bits per heavy atom. The third kappa shape index (κ3) is 3.69. The highest BCUT2D eigenvalue weighted by Gasteiger charge is 2.03. The molecule has 0 aliphatic heterocycles. The maximum Gasteiger partial charge on any atom is 0.0631 e. The van der Waals surface area contributed by atoms with Crippen molar-refractivity contribution in [2.45, 2.75) is 6.54 Å². The average Bonchev–Trinajstić information content (AvgIpc) is 2.31. The van der Waals surface area contributed by atoms with E-state index in [0.29, 0.717) is 0 Å². The Kier molecular flexibility index (Phi) is 4.87. The molecule has 0 aromatic heterocycles. The monoisotopic (exact) mass is 465 g/mol. The lowest BCUT2D eigenvalue weighted by molar-refractivity contribution is 1.14. The summed E-state index contributed by atoms with van der Waals surface area (Å²) >= 11 is 9.39. The Labute approximate surface area is 131 Å². The normalized spacial score (nSPS) is 10.3. The molecule has 4 heteroatoms. The largest absolute Gasteiger partial charge is 0.379 e. The van der Waals surface area contributed by atoms with Crippen molar-refractivity contribution in [2.24, 2.45) is 0 Å². The zero-order valence-corrected chi connectivity index (χ0v) is 14.2. The molecule has 17 heavy (non-hydrogen) atoms. The lowest BCUT2D eigenvalue weighted by Crippen LogP contribution is -2.00. The summed E-state index contributed by atoms with van der Waals surface area (Å²) in [6.07, 6.45) is 0. The van der Waals surface area contributed by atoms with Crippen LogP contribution >= 0.6 is 54.5 Å². The number of para-hydroxylation sites is 1. The summed E-state index contributed by atoms with van der Waals surface area (Å²) < 4.78 is 3.39. The predicted molar refractivity (Wildman–Crippen MR) is 88.3 cm³/mol. The van der Waals surface area contributed by atoms with Crippen LogP contribution in [0.5, 0.6) is 0 Å². The molecule has 2 rings (SSSR count). The molecular formula is C13H10Br2IN. The van der Waals surface area contributed by atoms with Crippen LogP contribution in [0, 0.1) is 3.57 Å². The summed E-state index contributed by atoms with van der Waals surface area (Å²) in [5.74, 6) is 0. The van der Waals surface area contributed by atoms with Gasteiger partial charge in [-0.25, -0.2) is 0 Å². The molecule has 0 bridgehead atoms. The minimum absolute atomic E-state index is 0.818. The number of nitrogens with one attached hydrogen (secondary N) is 1. The highest BCUT2D eigenvalue weighted by Crippen LogP contribution is 2.30. The summed E-state index contributed by atoms with van der Waals surface area (Å²) in [4.78, 5) is 0. The first-order chi connectivity index (χ1) is 8.16.